The van der Waals surface area contributed by atoms with Crippen LogP contribution in [0.2, 0.25) is 0 Å². The van der Waals surface area contributed by atoms with Crippen molar-refractivity contribution < 1.29 is 18.1 Å². The molecule has 4 nitrogen and oxygen atoms in total. The minimum Gasteiger partial charge on any atom is -0.227 e. The fourth-order valence-corrected chi connectivity index (χ4v) is 3.50. The molecular formula is C11H13O4P. The van der Waals surface area contributed by atoms with Gasteiger partial charge >= 0.3 is 13.8 Å². The van der Waals surface area contributed by atoms with Gasteiger partial charge in [-0.2, -0.15) is 0 Å². The van der Waals surface area contributed by atoms with Crippen molar-refractivity contribution in [2.75, 3.05) is 0 Å². The lowest BCUT2D eigenvalue weighted by atomic mass is 9.96. The molecule has 3 heterocycles. The van der Waals surface area contributed by atoms with Crippen LogP contribution in [0.15, 0.2) is 18.2 Å². The van der Waals surface area contributed by atoms with Crippen molar-refractivity contribution in [1.82, 2.24) is 0 Å². The lowest BCUT2D eigenvalue weighted by molar-refractivity contribution is -0.442. The second-order valence-electron chi connectivity index (χ2n) is 3.93. The van der Waals surface area contributed by atoms with Crippen LogP contribution in [0.5, 0.6) is 0 Å². The number of aryl methyl sites for hydroxylation is 1. The third-order valence-electron chi connectivity index (χ3n) is 3.03. The number of rotatable bonds is 3. The van der Waals surface area contributed by atoms with Crippen LogP contribution in [-0.4, -0.2) is 0 Å². The van der Waals surface area contributed by atoms with E-state index in [9.17, 15) is 4.57 Å². The Bertz CT molecular complexity index is 470. The molecule has 2 bridgehead atoms. The van der Waals surface area contributed by atoms with E-state index in [1.807, 2.05) is 12.1 Å². The van der Waals surface area contributed by atoms with Gasteiger partial charge in [-0.25, -0.2) is 18.1 Å². The lowest BCUT2D eigenvalue weighted by Gasteiger charge is -2.55. The van der Waals surface area contributed by atoms with Crippen molar-refractivity contribution in [3.8, 4) is 0 Å². The first-order valence-corrected chi connectivity index (χ1v) is 6.92. The fourth-order valence-electron chi connectivity index (χ4n) is 2.28. The highest BCUT2D eigenvalue weighted by Gasteiger charge is 2.76. The summed E-state index contributed by atoms with van der Waals surface area (Å²) in [6.45, 7) is 4.18. The van der Waals surface area contributed by atoms with Gasteiger partial charge in [-0.3, -0.25) is 0 Å². The van der Waals surface area contributed by atoms with E-state index in [2.05, 4.69) is 19.9 Å². The van der Waals surface area contributed by atoms with E-state index in [1.54, 1.807) is 0 Å². The molecule has 0 spiro atoms. The van der Waals surface area contributed by atoms with Crippen molar-refractivity contribution in [2.45, 2.75) is 32.7 Å². The van der Waals surface area contributed by atoms with Crippen molar-refractivity contribution >= 4 is 7.82 Å². The monoisotopic (exact) mass is 240 g/mol. The minimum absolute atomic E-state index is 0.854. The Balaban J connectivity index is 2.05. The Hall–Kier alpha value is -0.670. The van der Waals surface area contributed by atoms with Crippen LogP contribution in [0.4, 0.5) is 0 Å². The molecule has 1 aromatic carbocycles. The lowest BCUT2D eigenvalue weighted by Crippen LogP contribution is -2.54. The molecule has 3 fully saturated rings. The van der Waals surface area contributed by atoms with Crippen LogP contribution in [0.3, 0.4) is 0 Å². The maximum atomic E-state index is 11.2. The number of hydrogen-bond donors (Lipinski definition) is 0. The van der Waals surface area contributed by atoms with E-state index in [1.165, 1.54) is 5.56 Å². The molecule has 0 atom stereocenters. The second kappa shape index (κ2) is 3.17. The van der Waals surface area contributed by atoms with Crippen molar-refractivity contribution in [2.24, 2.45) is 0 Å². The van der Waals surface area contributed by atoms with E-state index in [0.29, 0.717) is 0 Å². The zero-order chi connectivity index (χ0) is 11.4. The molecule has 0 radical (unpaired) electrons. The smallest absolute Gasteiger partial charge is 0.227 e. The summed E-state index contributed by atoms with van der Waals surface area (Å²) < 4.78 is 26.6. The predicted octanol–water partition coefficient (Wildman–Crippen LogP) is 3.11. The molecule has 3 saturated heterocycles. The van der Waals surface area contributed by atoms with Crippen molar-refractivity contribution in [3.63, 3.8) is 0 Å². The quantitative estimate of drug-likeness (QED) is 0.761. The zero-order valence-corrected chi connectivity index (χ0v) is 10.1. The number of phosphoric acid groups is 1. The fraction of sp³-hybridized carbons (Fsp3) is 0.455. The molecule has 3 aliphatic rings. The molecule has 4 rings (SSSR count). The van der Waals surface area contributed by atoms with Gasteiger partial charge in [0.05, 0.1) is 0 Å². The van der Waals surface area contributed by atoms with Gasteiger partial charge in [0.1, 0.15) is 0 Å². The van der Waals surface area contributed by atoms with Crippen LogP contribution >= 0.6 is 7.82 Å². The van der Waals surface area contributed by atoms with Gasteiger partial charge in [0, 0.05) is 5.56 Å². The molecule has 0 amide bonds. The molecule has 0 saturated carbocycles. The van der Waals surface area contributed by atoms with E-state index in [4.69, 9.17) is 13.6 Å². The van der Waals surface area contributed by atoms with Crippen LogP contribution in [-0.2, 0) is 37.0 Å². The molecule has 0 unspecified atom stereocenters. The van der Waals surface area contributed by atoms with Gasteiger partial charge in [0.25, 0.3) is 0 Å². The molecule has 5 heteroatoms. The zero-order valence-electron chi connectivity index (χ0n) is 9.23. The molecule has 0 N–H and O–H groups in total. The number of hydrogen-bond acceptors (Lipinski definition) is 4. The van der Waals surface area contributed by atoms with Gasteiger partial charge in [-0.15, -0.1) is 0 Å². The van der Waals surface area contributed by atoms with Gasteiger partial charge in [0.2, 0.25) is 0 Å². The van der Waals surface area contributed by atoms with Gasteiger partial charge in [-0.1, -0.05) is 32.0 Å². The standard InChI is InChI=1S/C11H13O4P/c1-3-8-6-5-7-10(9(8)4-2)11-13-16(12,14-11)15-11/h5-7H,3-4H2,1-2H3. The highest BCUT2D eigenvalue weighted by molar-refractivity contribution is 7.51. The minimum atomic E-state index is -3.11. The third kappa shape index (κ3) is 1.19. The Labute approximate surface area is 94.1 Å². The largest absolute Gasteiger partial charge is 0.488 e. The predicted molar refractivity (Wildman–Crippen MR) is 57.7 cm³/mol. The van der Waals surface area contributed by atoms with E-state index >= 15 is 0 Å². The molecule has 0 aliphatic carbocycles. The average molecular weight is 240 g/mol. The summed E-state index contributed by atoms with van der Waals surface area (Å²) in [5.41, 5.74) is 3.27. The van der Waals surface area contributed by atoms with Crippen LogP contribution in [0, 0.1) is 0 Å². The maximum absolute atomic E-state index is 11.2. The summed E-state index contributed by atoms with van der Waals surface area (Å²) in [5, 5.41) is 0. The molecule has 86 valence electrons. The van der Waals surface area contributed by atoms with E-state index < -0.39 is 13.8 Å². The molecule has 3 aliphatic heterocycles. The highest BCUT2D eigenvalue weighted by atomic mass is 31.2. The summed E-state index contributed by atoms with van der Waals surface area (Å²) in [7, 11) is -3.11. The summed E-state index contributed by atoms with van der Waals surface area (Å²) in [6, 6.07) is 5.93. The number of phosphoric ester groups is 1. The van der Waals surface area contributed by atoms with Gasteiger partial charge in [-0.05, 0) is 24.0 Å². The van der Waals surface area contributed by atoms with Gasteiger partial charge in [0.15, 0.2) is 0 Å². The normalized spacial score (nSPS) is 35.4. The van der Waals surface area contributed by atoms with E-state index in [-0.39, 0.29) is 0 Å². The Morgan fingerprint density at radius 3 is 2.38 bits per heavy atom. The maximum Gasteiger partial charge on any atom is 0.488 e. The van der Waals surface area contributed by atoms with Crippen molar-refractivity contribution in [3.05, 3.63) is 34.9 Å². The topological polar surface area (TPSA) is 44.8 Å². The second-order valence-corrected chi connectivity index (χ2v) is 5.37. The molecular weight excluding hydrogens is 227 g/mol. The van der Waals surface area contributed by atoms with Crippen LogP contribution in [0.25, 0.3) is 0 Å². The van der Waals surface area contributed by atoms with E-state index in [0.717, 1.165) is 24.0 Å². The summed E-state index contributed by atoms with van der Waals surface area (Å²) in [4.78, 5) is 0. The van der Waals surface area contributed by atoms with Gasteiger partial charge < -0.3 is 0 Å². The summed E-state index contributed by atoms with van der Waals surface area (Å²) in [6.07, 6.45) is 1.83. The first-order chi connectivity index (χ1) is 7.62. The summed E-state index contributed by atoms with van der Waals surface area (Å²) in [5.74, 6) is -1.16. The molecule has 1 aromatic rings. The summed E-state index contributed by atoms with van der Waals surface area (Å²) >= 11 is 0. The first-order valence-electron chi connectivity index (χ1n) is 5.46. The first kappa shape index (κ1) is 10.5. The van der Waals surface area contributed by atoms with Crippen molar-refractivity contribution in [1.29, 1.82) is 0 Å². The Morgan fingerprint density at radius 1 is 1.19 bits per heavy atom. The van der Waals surface area contributed by atoms with Crippen LogP contribution < -0.4 is 0 Å². The Kier molecular flexibility index (Phi) is 2.08. The number of benzene rings is 1. The Morgan fingerprint density at radius 2 is 1.88 bits per heavy atom. The van der Waals surface area contributed by atoms with Crippen LogP contribution in [0.1, 0.15) is 30.5 Å². The molecule has 0 aromatic heterocycles. The SMILES string of the molecule is CCc1cccc(C23OP(=O)(O2)O3)c1CC. The molecule has 16 heavy (non-hydrogen) atoms. The highest BCUT2D eigenvalue weighted by Crippen LogP contribution is 2.83. The third-order valence-corrected chi connectivity index (χ3v) is 4.43. The average Bonchev–Trinajstić information content (AvgIpc) is 2.22.